The molecular formula is C18H30NO2+. The Morgan fingerprint density at radius 3 is 2.10 bits per heavy atom. The number of hydrogen-bond donors (Lipinski definition) is 1. The molecule has 21 heavy (non-hydrogen) atoms. The first-order valence-electron chi connectivity index (χ1n) is 9.24. The summed E-state index contributed by atoms with van der Waals surface area (Å²) in [6.45, 7) is 4.22. The van der Waals surface area contributed by atoms with Crippen molar-refractivity contribution in [2.45, 2.75) is 57.8 Å². The van der Waals surface area contributed by atoms with Crippen LogP contribution in [0, 0.1) is 23.2 Å². The van der Waals surface area contributed by atoms with Gasteiger partial charge in [0.05, 0.1) is 18.5 Å². The summed E-state index contributed by atoms with van der Waals surface area (Å²) < 4.78 is 5.77. The van der Waals surface area contributed by atoms with Crippen molar-refractivity contribution in [3.05, 3.63) is 0 Å². The quantitative estimate of drug-likeness (QED) is 0.801. The predicted molar refractivity (Wildman–Crippen MR) is 81.0 cm³/mol. The van der Waals surface area contributed by atoms with E-state index < -0.39 is 0 Å². The first-order valence-corrected chi connectivity index (χ1v) is 9.24. The summed E-state index contributed by atoms with van der Waals surface area (Å²) in [5.41, 5.74) is -0.0635. The minimum atomic E-state index is -0.0635. The van der Waals surface area contributed by atoms with Crippen LogP contribution in [0.15, 0.2) is 0 Å². The van der Waals surface area contributed by atoms with E-state index in [4.69, 9.17) is 4.74 Å². The van der Waals surface area contributed by atoms with Crippen LogP contribution >= 0.6 is 0 Å². The Balaban J connectivity index is 1.30. The molecule has 0 amide bonds. The third kappa shape index (κ3) is 2.74. The largest absolute Gasteiger partial charge is 0.459 e. The number of carbonyl (C=O) groups excluding carboxylic acids is 1. The van der Waals surface area contributed by atoms with E-state index in [1.165, 1.54) is 51.6 Å². The molecule has 0 spiro atoms. The maximum absolute atomic E-state index is 12.7. The van der Waals surface area contributed by atoms with Crippen molar-refractivity contribution in [3.63, 3.8) is 0 Å². The van der Waals surface area contributed by atoms with E-state index in [2.05, 4.69) is 0 Å². The summed E-state index contributed by atoms with van der Waals surface area (Å²) >= 11 is 0. The molecule has 0 aromatic carbocycles. The summed E-state index contributed by atoms with van der Waals surface area (Å²) in [4.78, 5) is 14.3. The number of quaternary nitrogens is 1. The van der Waals surface area contributed by atoms with Crippen LogP contribution in [-0.2, 0) is 9.53 Å². The van der Waals surface area contributed by atoms with Crippen molar-refractivity contribution < 1.29 is 14.4 Å². The summed E-state index contributed by atoms with van der Waals surface area (Å²) in [6.07, 6.45) is 11.7. The second-order valence-corrected chi connectivity index (χ2v) is 8.39. The lowest BCUT2D eigenvalue weighted by Gasteiger charge is -2.55. The molecule has 4 aliphatic carbocycles. The zero-order valence-electron chi connectivity index (χ0n) is 13.2. The Morgan fingerprint density at radius 2 is 1.52 bits per heavy atom. The van der Waals surface area contributed by atoms with Gasteiger partial charge in [0.1, 0.15) is 13.2 Å². The highest BCUT2D eigenvalue weighted by Crippen LogP contribution is 2.60. The molecule has 0 atom stereocenters. The van der Waals surface area contributed by atoms with Crippen molar-refractivity contribution in [1.29, 1.82) is 0 Å². The van der Waals surface area contributed by atoms with Crippen LogP contribution in [0.2, 0.25) is 0 Å². The van der Waals surface area contributed by atoms with E-state index in [0.29, 0.717) is 6.61 Å². The van der Waals surface area contributed by atoms with Gasteiger partial charge >= 0.3 is 5.97 Å². The van der Waals surface area contributed by atoms with Crippen LogP contribution in [-0.4, -0.2) is 32.2 Å². The van der Waals surface area contributed by atoms with Crippen molar-refractivity contribution in [2.75, 3.05) is 26.2 Å². The van der Waals surface area contributed by atoms with Gasteiger partial charge in [0.15, 0.2) is 0 Å². The predicted octanol–water partition coefficient (Wildman–Crippen LogP) is 1.81. The molecule has 118 valence electrons. The molecule has 3 nitrogen and oxygen atoms in total. The average Bonchev–Trinajstić information content (AvgIpc) is 2.47. The summed E-state index contributed by atoms with van der Waals surface area (Å²) in [6, 6.07) is 0. The monoisotopic (exact) mass is 292 g/mol. The third-order valence-electron chi connectivity index (χ3n) is 6.72. The highest BCUT2D eigenvalue weighted by molar-refractivity contribution is 5.77. The van der Waals surface area contributed by atoms with E-state index in [-0.39, 0.29) is 11.4 Å². The van der Waals surface area contributed by atoms with Crippen LogP contribution in [0.25, 0.3) is 0 Å². The lowest BCUT2D eigenvalue weighted by Crippen LogP contribution is -3.13. The average molecular weight is 292 g/mol. The topological polar surface area (TPSA) is 30.7 Å². The van der Waals surface area contributed by atoms with Crippen LogP contribution < -0.4 is 4.90 Å². The summed E-state index contributed by atoms with van der Waals surface area (Å²) in [7, 11) is 0. The Labute approximate surface area is 128 Å². The molecule has 1 aliphatic heterocycles. The maximum atomic E-state index is 12.7. The van der Waals surface area contributed by atoms with E-state index in [1.54, 1.807) is 4.90 Å². The molecule has 1 heterocycles. The highest BCUT2D eigenvalue weighted by atomic mass is 16.5. The van der Waals surface area contributed by atoms with Crippen molar-refractivity contribution >= 4 is 5.97 Å². The highest BCUT2D eigenvalue weighted by Gasteiger charge is 2.55. The number of rotatable bonds is 4. The number of esters is 1. The van der Waals surface area contributed by atoms with Gasteiger partial charge in [0.2, 0.25) is 0 Å². The Hall–Kier alpha value is -0.570. The van der Waals surface area contributed by atoms with E-state index in [1.807, 2.05) is 0 Å². The maximum Gasteiger partial charge on any atom is 0.312 e. The first kappa shape index (κ1) is 14.0. The fourth-order valence-electron chi connectivity index (χ4n) is 6.10. The summed E-state index contributed by atoms with van der Waals surface area (Å²) in [5, 5.41) is 0. The number of ether oxygens (including phenoxy) is 1. The molecule has 5 rings (SSSR count). The molecule has 5 aliphatic rings. The van der Waals surface area contributed by atoms with Crippen LogP contribution in [0.5, 0.6) is 0 Å². The van der Waals surface area contributed by atoms with Gasteiger partial charge in [0, 0.05) is 0 Å². The zero-order valence-corrected chi connectivity index (χ0v) is 13.2. The molecule has 0 aromatic heterocycles. The normalized spacial score (nSPS) is 42.2. The molecule has 1 N–H and O–H groups in total. The molecule has 5 fully saturated rings. The molecule has 0 unspecified atom stereocenters. The summed E-state index contributed by atoms with van der Waals surface area (Å²) in [5.74, 6) is 2.66. The van der Waals surface area contributed by atoms with E-state index in [0.717, 1.165) is 43.6 Å². The van der Waals surface area contributed by atoms with Gasteiger partial charge in [0.25, 0.3) is 0 Å². The number of piperidine rings is 1. The fraction of sp³-hybridized carbons (Fsp3) is 0.944. The lowest BCUT2D eigenvalue weighted by molar-refractivity contribution is -0.905. The molecule has 0 aromatic rings. The molecule has 4 saturated carbocycles. The van der Waals surface area contributed by atoms with Gasteiger partial charge in [-0.05, 0) is 75.5 Å². The molecule has 3 heteroatoms. The van der Waals surface area contributed by atoms with Gasteiger partial charge in [-0.3, -0.25) is 4.79 Å². The lowest BCUT2D eigenvalue weighted by atomic mass is 9.49. The standard InChI is InChI=1S/C18H29NO2/c20-17(21-7-6-19-4-2-1-3-5-19)18-11-14-8-15(12-18)10-16(9-14)13-18/h14-16H,1-13H2/p+1. The van der Waals surface area contributed by atoms with Gasteiger partial charge in [-0.2, -0.15) is 0 Å². The number of carbonyl (C=O) groups is 1. The van der Waals surface area contributed by atoms with Gasteiger partial charge in [-0.1, -0.05) is 0 Å². The SMILES string of the molecule is O=C(OCC[NH+]1CCCCC1)C12CC3CC(CC(C3)C1)C2. The number of hydrogen-bond acceptors (Lipinski definition) is 2. The van der Waals surface area contributed by atoms with Crippen LogP contribution in [0.1, 0.15) is 57.8 Å². The van der Waals surface area contributed by atoms with Gasteiger partial charge < -0.3 is 9.64 Å². The minimum Gasteiger partial charge on any atom is -0.459 e. The molecule has 4 bridgehead atoms. The van der Waals surface area contributed by atoms with Gasteiger partial charge in [-0.25, -0.2) is 0 Å². The Bertz CT molecular complexity index is 365. The fourth-order valence-corrected chi connectivity index (χ4v) is 6.10. The molecular weight excluding hydrogens is 262 g/mol. The molecule has 0 radical (unpaired) electrons. The zero-order chi connectivity index (χ0) is 14.3. The minimum absolute atomic E-state index is 0.0635. The Kier molecular flexibility index (Phi) is 3.72. The van der Waals surface area contributed by atoms with Gasteiger partial charge in [-0.15, -0.1) is 0 Å². The van der Waals surface area contributed by atoms with Crippen molar-refractivity contribution in [1.82, 2.24) is 0 Å². The Morgan fingerprint density at radius 1 is 0.952 bits per heavy atom. The van der Waals surface area contributed by atoms with Crippen molar-refractivity contribution in [2.24, 2.45) is 23.2 Å². The van der Waals surface area contributed by atoms with E-state index >= 15 is 0 Å². The van der Waals surface area contributed by atoms with Crippen molar-refractivity contribution in [3.8, 4) is 0 Å². The number of likely N-dealkylation sites (tertiary alicyclic amines) is 1. The number of nitrogens with one attached hydrogen (secondary N) is 1. The second-order valence-electron chi connectivity index (χ2n) is 8.39. The van der Waals surface area contributed by atoms with Crippen LogP contribution in [0.3, 0.4) is 0 Å². The second kappa shape index (κ2) is 5.57. The smallest absolute Gasteiger partial charge is 0.312 e. The van der Waals surface area contributed by atoms with Crippen LogP contribution in [0.4, 0.5) is 0 Å². The molecule has 1 saturated heterocycles. The third-order valence-corrected chi connectivity index (χ3v) is 6.72. The van der Waals surface area contributed by atoms with E-state index in [9.17, 15) is 4.79 Å². The first-order chi connectivity index (χ1) is 10.2.